The van der Waals surface area contributed by atoms with E-state index < -0.39 is 0 Å². The molecular weight excluding hydrogens is 478 g/mol. The highest BCUT2D eigenvalue weighted by Crippen LogP contribution is 2.30. The molecule has 1 fully saturated rings. The molecule has 0 amide bonds. The van der Waals surface area contributed by atoms with E-state index >= 15 is 0 Å². The van der Waals surface area contributed by atoms with Gasteiger partial charge in [-0.1, -0.05) is 42.8 Å². The van der Waals surface area contributed by atoms with Crippen molar-refractivity contribution >= 4 is 46.6 Å². The van der Waals surface area contributed by atoms with Gasteiger partial charge in [-0.15, -0.1) is 0 Å². The number of aliphatic imine (C=N–C) groups is 1. The Bertz CT molecular complexity index is 1300. The third-order valence-electron chi connectivity index (χ3n) is 6.05. The Kier molecular flexibility index (Phi) is 7.16. The number of amidine groups is 1. The number of nitrogens with zero attached hydrogens (tertiary/aromatic N) is 4. The Morgan fingerprint density at radius 1 is 1.11 bits per heavy atom. The van der Waals surface area contributed by atoms with E-state index in [0.29, 0.717) is 22.2 Å². The molecule has 0 radical (unpaired) electrons. The van der Waals surface area contributed by atoms with E-state index in [1.54, 1.807) is 12.1 Å². The molecule has 2 aliphatic heterocycles. The molecule has 8 heteroatoms. The number of hydrogen-bond acceptors (Lipinski definition) is 7. The summed E-state index contributed by atoms with van der Waals surface area (Å²) in [6.45, 7) is 4.91. The van der Waals surface area contributed by atoms with Crippen LogP contribution in [0.4, 0.5) is 11.6 Å². The standard InChI is InChI=1S/C27H26ClN5OS/c1-2-18-15-24(29-17-18)30-25-16-26(33-12-5-13-33)32-27(31-25)35-20-10-8-19(9-11-20)14-23(34)21-6-3-4-7-22(21)28/h3-4,6-11,15-16H,2,5,12-14,17H2,1H3,(H,29,30,31,32). The summed E-state index contributed by atoms with van der Waals surface area (Å²) in [5.41, 5.74) is 2.80. The molecule has 0 aliphatic carbocycles. The highest BCUT2D eigenvalue weighted by Gasteiger charge is 2.19. The summed E-state index contributed by atoms with van der Waals surface area (Å²) < 4.78 is 0. The lowest BCUT2D eigenvalue weighted by Crippen LogP contribution is -2.37. The third-order valence-corrected chi connectivity index (χ3v) is 7.25. The lowest BCUT2D eigenvalue weighted by atomic mass is 10.0. The second-order valence-corrected chi connectivity index (χ2v) is 9.99. The van der Waals surface area contributed by atoms with Crippen LogP contribution in [0.5, 0.6) is 0 Å². The van der Waals surface area contributed by atoms with E-state index in [1.807, 2.05) is 42.5 Å². The largest absolute Gasteiger partial charge is 0.356 e. The Balaban J connectivity index is 1.30. The fourth-order valence-corrected chi connectivity index (χ4v) is 4.88. The lowest BCUT2D eigenvalue weighted by Gasteiger charge is -2.32. The van der Waals surface area contributed by atoms with Crippen LogP contribution >= 0.6 is 23.4 Å². The smallest absolute Gasteiger partial charge is 0.196 e. The number of Topliss-reactive ketones (excluding diaryl/α,β-unsaturated/α-hetero) is 1. The zero-order valence-electron chi connectivity index (χ0n) is 19.5. The van der Waals surface area contributed by atoms with Crippen molar-refractivity contribution in [2.24, 2.45) is 4.99 Å². The predicted octanol–water partition coefficient (Wildman–Crippen LogP) is 6.08. The Morgan fingerprint density at radius 2 is 1.91 bits per heavy atom. The highest BCUT2D eigenvalue weighted by molar-refractivity contribution is 7.99. The third kappa shape index (κ3) is 5.74. The molecule has 178 valence electrons. The van der Waals surface area contributed by atoms with E-state index in [-0.39, 0.29) is 5.78 Å². The number of benzene rings is 2. The number of aromatic nitrogens is 2. The molecule has 1 saturated heterocycles. The Morgan fingerprint density at radius 3 is 2.60 bits per heavy atom. The average Bonchev–Trinajstić information content (AvgIpc) is 3.27. The maximum absolute atomic E-state index is 12.6. The fourth-order valence-electron chi connectivity index (χ4n) is 3.87. The Hall–Kier alpha value is -3.16. The van der Waals surface area contributed by atoms with Crippen molar-refractivity contribution in [2.45, 2.75) is 36.2 Å². The zero-order chi connectivity index (χ0) is 24.2. The SMILES string of the molecule is CCC1=CC(Nc2cc(N3CCC3)nc(Sc3ccc(CC(=O)c4ccccc4Cl)cc3)n2)=NC1. The van der Waals surface area contributed by atoms with Gasteiger partial charge in [0, 0.05) is 36.0 Å². The average molecular weight is 504 g/mol. The Labute approximate surface area is 214 Å². The normalized spacial score (nSPS) is 14.9. The van der Waals surface area contributed by atoms with Gasteiger partial charge in [0.05, 0.1) is 11.6 Å². The summed E-state index contributed by atoms with van der Waals surface area (Å²) in [5, 5.41) is 4.52. The molecule has 3 aromatic rings. The molecule has 2 aromatic carbocycles. The number of nitrogens with one attached hydrogen (secondary N) is 1. The van der Waals surface area contributed by atoms with Crippen molar-refractivity contribution < 1.29 is 4.79 Å². The van der Waals surface area contributed by atoms with Crippen LogP contribution in [0.1, 0.15) is 35.7 Å². The summed E-state index contributed by atoms with van der Waals surface area (Å²) in [7, 11) is 0. The summed E-state index contributed by atoms with van der Waals surface area (Å²) in [6, 6.07) is 17.1. The number of carbonyl (C=O) groups excluding carboxylic acids is 1. The first-order chi connectivity index (χ1) is 17.1. The quantitative estimate of drug-likeness (QED) is 0.297. The zero-order valence-corrected chi connectivity index (χ0v) is 21.1. The summed E-state index contributed by atoms with van der Waals surface area (Å²) in [5.74, 6) is 2.53. The molecule has 5 rings (SSSR count). The molecule has 0 saturated carbocycles. The van der Waals surface area contributed by atoms with Crippen molar-refractivity contribution in [2.75, 3.05) is 29.9 Å². The van der Waals surface area contributed by atoms with Gasteiger partial charge in [0.2, 0.25) is 0 Å². The van der Waals surface area contributed by atoms with Gasteiger partial charge in [0.25, 0.3) is 0 Å². The van der Waals surface area contributed by atoms with Gasteiger partial charge in [-0.05, 0) is 66.1 Å². The minimum absolute atomic E-state index is 0.00686. The van der Waals surface area contributed by atoms with Gasteiger partial charge in [-0.25, -0.2) is 9.97 Å². The first-order valence-electron chi connectivity index (χ1n) is 11.8. The lowest BCUT2D eigenvalue weighted by molar-refractivity contribution is 0.0993. The van der Waals surface area contributed by atoms with E-state index in [2.05, 4.69) is 28.2 Å². The second-order valence-electron chi connectivity index (χ2n) is 8.54. The summed E-state index contributed by atoms with van der Waals surface area (Å²) in [6.07, 6.45) is 4.58. The van der Waals surface area contributed by atoms with Crippen LogP contribution < -0.4 is 10.2 Å². The highest BCUT2D eigenvalue weighted by atomic mass is 35.5. The van der Waals surface area contributed by atoms with Crippen LogP contribution in [0, 0.1) is 0 Å². The number of rotatable bonds is 8. The van der Waals surface area contributed by atoms with Crippen molar-refractivity contribution in [3.8, 4) is 0 Å². The monoisotopic (exact) mass is 503 g/mol. The molecule has 1 N–H and O–H groups in total. The second kappa shape index (κ2) is 10.6. The molecule has 2 aliphatic rings. The van der Waals surface area contributed by atoms with Gasteiger partial charge in [0.15, 0.2) is 10.9 Å². The maximum Gasteiger partial charge on any atom is 0.196 e. The molecule has 0 atom stereocenters. The van der Waals surface area contributed by atoms with Gasteiger partial charge < -0.3 is 10.2 Å². The fraction of sp³-hybridized carbons (Fsp3) is 0.259. The van der Waals surface area contributed by atoms with Crippen molar-refractivity contribution in [3.05, 3.63) is 82.4 Å². The van der Waals surface area contributed by atoms with E-state index in [4.69, 9.17) is 21.6 Å². The van der Waals surface area contributed by atoms with Gasteiger partial charge >= 0.3 is 0 Å². The van der Waals surface area contributed by atoms with E-state index in [9.17, 15) is 4.79 Å². The molecule has 0 spiro atoms. The molecule has 0 bridgehead atoms. The summed E-state index contributed by atoms with van der Waals surface area (Å²) in [4.78, 5) is 30.0. The number of hydrogen-bond donors (Lipinski definition) is 1. The van der Waals surface area contributed by atoms with Crippen LogP contribution in [-0.4, -0.2) is 41.2 Å². The van der Waals surface area contributed by atoms with Crippen LogP contribution in [0.2, 0.25) is 5.02 Å². The van der Waals surface area contributed by atoms with Gasteiger partial charge in [-0.2, -0.15) is 0 Å². The maximum atomic E-state index is 12.6. The molecule has 35 heavy (non-hydrogen) atoms. The first-order valence-corrected chi connectivity index (χ1v) is 13.0. The topological polar surface area (TPSA) is 70.5 Å². The number of anilines is 2. The van der Waals surface area contributed by atoms with Gasteiger partial charge in [-0.3, -0.25) is 9.79 Å². The first kappa shape index (κ1) is 23.6. The van der Waals surface area contributed by atoms with Gasteiger partial charge in [0.1, 0.15) is 17.5 Å². The molecular formula is C27H26ClN5OS. The molecule has 3 heterocycles. The minimum Gasteiger partial charge on any atom is -0.356 e. The van der Waals surface area contributed by atoms with Crippen LogP contribution in [0.25, 0.3) is 0 Å². The molecule has 6 nitrogen and oxygen atoms in total. The van der Waals surface area contributed by atoms with Crippen LogP contribution in [0.3, 0.4) is 0 Å². The van der Waals surface area contributed by atoms with Crippen LogP contribution in [-0.2, 0) is 6.42 Å². The van der Waals surface area contributed by atoms with Crippen molar-refractivity contribution in [3.63, 3.8) is 0 Å². The summed E-state index contributed by atoms with van der Waals surface area (Å²) >= 11 is 7.68. The number of halogens is 1. The van der Waals surface area contributed by atoms with Crippen molar-refractivity contribution in [1.82, 2.24) is 9.97 Å². The predicted molar refractivity (Wildman–Crippen MR) is 143 cm³/mol. The van der Waals surface area contributed by atoms with Crippen LogP contribution in [0.15, 0.2) is 81.3 Å². The number of ketones is 1. The molecule has 1 aromatic heterocycles. The molecule has 0 unspecified atom stereocenters. The number of carbonyl (C=O) groups is 1. The minimum atomic E-state index is 0.00686. The van der Waals surface area contributed by atoms with Crippen molar-refractivity contribution in [1.29, 1.82) is 0 Å². The van der Waals surface area contributed by atoms with E-state index in [0.717, 1.165) is 54.0 Å². The van der Waals surface area contributed by atoms with E-state index in [1.165, 1.54) is 23.8 Å².